The average Bonchev–Trinajstić information content (AvgIpc) is 2.92. The van der Waals surface area contributed by atoms with Gasteiger partial charge in [0.25, 0.3) is 0 Å². The van der Waals surface area contributed by atoms with Gasteiger partial charge < -0.3 is 10.2 Å². The van der Waals surface area contributed by atoms with Gasteiger partial charge >= 0.3 is 0 Å². The molecule has 1 N–H and O–H groups in total. The summed E-state index contributed by atoms with van der Waals surface area (Å²) in [5.74, 6) is 1.08. The maximum absolute atomic E-state index is 4.64. The Kier molecular flexibility index (Phi) is 3.75. The molecule has 0 bridgehead atoms. The Morgan fingerprint density at radius 1 is 1.04 bits per heavy atom. The molecule has 1 aliphatic rings. The Bertz CT molecular complexity index is 832. The van der Waals surface area contributed by atoms with E-state index in [9.17, 15) is 0 Å². The number of piperazine rings is 1. The van der Waals surface area contributed by atoms with Crippen molar-refractivity contribution in [3.05, 3.63) is 41.0 Å². The topological polar surface area (TPSA) is 41.1 Å². The molecule has 0 spiro atoms. The van der Waals surface area contributed by atoms with E-state index in [2.05, 4.69) is 58.3 Å². The number of fused-ring (bicyclic) bond motifs is 1. The van der Waals surface area contributed by atoms with Gasteiger partial charge in [-0.3, -0.25) is 0 Å². The highest BCUT2D eigenvalue weighted by atomic mass is 32.1. The van der Waals surface area contributed by atoms with Crippen LogP contribution in [0.3, 0.4) is 0 Å². The molecule has 0 aliphatic carbocycles. The Morgan fingerprint density at radius 3 is 2.52 bits per heavy atom. The van der Waals surface area contributed by atoms with E-state index in [1.807, 2.05) is 0 Å². The first-order chi connectivity index (χ1) is 11.2. The molecule has 2 aromatic heterocycles. The Hall–Kier alpha value is -1.98. The van der Waals surface area contributed by atoms with E-state index in [1.54, 1.807) is 17.7 Å². The summed E-state index contributed by atoms with van der Waals surface area (Å²) in [5, 5.41) is 4.62. The summed E-state index contributed by atoms with van der Waals surface area (Å²) in [5.41, 5.74) is 3.83. The van der Waals surface area contributed by atoms with Crippen molar-refractivity contribution in [1.29, 1.82) is 0 Å². The summed E-state index contributed by atoms with van der Waals surface area (Å²) >= 11 is 1.76. The van der Waals surface area contributed by atoms with Crippen molar-refractivity contribution in [2.75, 3.05) is 31.1 Å². The van der Waals surface area contributed by atoms with E-state index >= 15 is 0 Å². The molecule has 3 heterocycles. The number of nitrogens with one attached hydrogen (secondary N) is 1. The van der Waals surface area contributed by atoms with E-state index in [-0.39, 0.29) is 0 Å². The second-order valence-corrected chi connectivity index (χ2v) is 7.22. The molecule has 1 saturated heterocycles. The Morgan fingerprint density at radius 2 is 1.78 bits per heavy atom. The minimum Gasteiger partial charge on any atom is -0.353 e. The number of aromatic nitrogens is 2. The molecule has 118 valence electrons. The van der Waals surface area contributed by atoms with Crippen molar-refractivity contribution in [1.82, 2.24) is 15.3 Å². The highest BCUT2D eigenvalue weighted by Crippen LogP contribution is 2.41. The molecule has 1 aliphatic heterocycles. The third-order valence-electron chi connectivity index (χ3n) is 4.40. The summed E-state index contributed by atoms with van der Waals surface area (Å²) in [7, 11) is 0. The smallest absolute Gasteiger partial charge is 0.141 e. The minimum absolute atomic E-state index is 0.994. The van der Waals surface area contributed by atoms with Gasteiger partial charge in [0.1, 0.15) is 17.0 Å². The van der Waals surface area contributed by atoms with Crippen molar-refractivity contribution in [3.63, 3.8) is 0 Å². The number of aryl methyl sites for hydroxylation is 2. The van der Waals surface area contributed by atoms with Crippen molar-refractivity contribution < 1.29 is 0 Å². The Labute approximate surface area is 140 Å². The predicted molar refractivity (Wildman–Crippen MR) is 97.4 cm³/mol. The number of rotatable bonds is 2. The van der Waals surface area contributed by atoms with Crippen LogP contribution in [0.25, 0.3) is 21.3 Å². The molecule has 4 rings (SSSR count). The number of thiophene rings is 1. The van der Waals surface area contributed by atoms with Gasteiger partial charge in [0.15, 0.2) is 0 Å². The fourth-order valence-corrected chi connectivity index (χ4v) is 4.22. The normalized spacial score (nSPS) is 15.3. The van der Waals surface area contributed by atoms with Crippen LogP contribution >= 0.6 is 11.3 Å². The fourth-order valence-electron chi connectivity index (χ4n) is 3.21. The molecule has 3 aromatic rings. The zero-order valence-electron chi connectivity index (χ0n) is 13.5. The van der Waals surface area contributed by atoms with Gasteiger partial charge in [-0.15, -0.1) is 11.3 Å². The van der Waals surface area contributed by atoms with Gasteiger partial charge in [-0.25, -0.2) is 9.97 Å². The summed E-state index contributed by atoms with van der Waals surface area (Å²) < 4.78 is 0. The fraction of sp³-hybridized carbons (Fsp3) is 0.333. The SMILES string of the molecule is Cc1ccc(-c2c(C)sc3ncnc(N4CCNCC4)c23)cc1. The van der Waals surface area contributed by atoms with E-state index < -0.39 is 0 Å². The van der Waals surface area contributed by atoms with Crippen LogP contribution in [0.1, 0.15) is 10.4 Å². The predicted octanol–water partition coefficient (Wildman–Crippen LogP) is 3.38. The first kappa shape index (κ1) is 14.6. The number of hydrogen-bond donors (Lipinski definition) is 1. The highest BCUT2D eigenvalue weighted by Gasteiger charge is 2.21. The number of benzene rings is 1. The van der Waals surface area contributed by atoms with Crippen LogP contribution < -0.4 is 10.2 Å². The third kappa shape index (κ3) is 2.60. The molecule has 4 nitrogen and oxygen atoms in total. The quantitative estimate of drug-likeness (QED) is 0.784. The van der Waals surface area contributed by atoms with Crippen LogP contribution in [0, 0.1) is 13.8 Å². The van der Waals surface area contributed by atoms with Crippen LogP contribution in [0.2, 0.25) is 0 Å². The molecule has 0 radical (unpaired) electrons. The average molecular weight is 324 g/mol. The Balaban J connectivity index is 1.92. The number of nitrogens with zero attached hydrogens (tertiary/aromatic N) is 3. The maximum atomic E-state index is 4.64. The van der Waals surface area contributed by atoms with Gasteiger partial charge in [-0.2, -0.15) is 0 Å². The molecule has 0 amide bonds. The molecule has 0 saturated carbocycles. The lowest BCUT2D eigenvalue weighted by Gasteiger charge is -2.29. The monoisotopic (exact) mass is 324 g/mol. The van der Waals surface area contributed by atoms with Crippen molar-refractivity contribution in [2.45, 2.75) is 13.8 Å². The first-order valence-electron chi connectivity index (χ1n) is 8.01. The van der Waals surface area contributed by atoms with Gasteiger partial charge in [0, 0.05) is 36.6 Å². The lowest BCUT2D eigenvalue weighted by molar-refractivity contribution is 0.586. The largest absolute Gasteiger partial charge is 0.353 e. The van der Waals surface area contributed by atoms with Crippen molar-refractivity contribution in [3.8, 4) is 11.1 Å². The molecule has 5 heteroatoms. The van der Waals surface area contributed by atoms with E-state index in [0.717, 1.165) is 36.8 Å². The summed E-state index contributed by atoms with van der Waals surface area (Å²) in [4.78, 5) is 13.9. The lowest BCUT2D eigenvalue weighted by atomic mass is 10.0. The summed E-state index contributed by atoms with van der Waals surface area (Å²) in [6.45, 7) is 8.31. The van der Waals surface area contributed by atoms with Gasteiger partial charge in [0.2, 0.25) is 0 Å². The van der Waals surface area contributed by atoms with E-state index in [1.165, 1.54) is 27.0 Å². The van der Waals surface area contributed by atoms with Crippen molar-refractivity contribution >= 4 is 27.4 Å². The van der Waals surface area contributed by atoms with Crippen LogP contribution in [0.15, 0.2) is 30.6 Å². The van der Waals surface area contributed by atoms with E-state index in [0.29, 0.717) is 0 Å². The van der Waals surface area contributed by atoms with Crippen LogP contribution in [0.4, 0.5) is 5.82 Å². The van der Waals surface area contributed by atoms with Gasteiger partial charge in [-0.1, -0.05) is 29.8 Å². The molecule has 1 fully saturated rings. The minimum atomic E-state index is 0.994. The molecule has 23 heavy (non-hydrogen) atoms. The van der Waals surface area contributed by atoms with Gasteiger partial charge in [0.05, 0.1) is 5.39 Å². The standard InChI is InChI=1S/C18H20N4S/c1-12-3-5-14(6-4-12)15-13(2)23-18-16(15)17(20-11-21-18)22-9-7-19-8-10-22/h3-6,11,19H,7-10H2,1-2H3. The van der Waals surface area contributed by atoms with Crippen molar-refractivity contribution in [2.24, 2.45) is 0 Å². The molecule has 0 unspecified atom stereocenters. The first-order valence-corrected chi connectivity index (χ1v) is 8.82. The van der Waals surface area contributed by atoms with E-state index in [4.69, 9.17) is 0 Å². The number of anilines is 1. The molecule has 0 atom stereocenters. The maximum Gasteiger partial charge on any atom is 0.141 e. The highest BCUT2D eigenvalue weighted by molar-refractivity contribution is 7.19. The summed E-state index contributed by atoms with van der Waals surface area (Å²) in [6.07, 6.45) is 1.70. The molecule has 1 aromatic carbocycles. The number of hydrogen-bond acceptors (Lipinski definition) is 5. The zero-order valence-corrected chi connectivity index (χ0v) is 14.3. The van der Waals surface area contributed by atoms with Crippen LogP contribution in [0.5, 0.6) is 0 Å². The van der Waals surface area contributed by atoms with Crippen LogP contribution in [-0.2, 0) is 0 Å². The second kappa shape index (κ2) is 5.91. The van der Waals surface area contributed by atoms with Gasteiger partial charge in [-0.05, 0) is 19.4 Å². The summed E-state index contributed by atoms with van der Waals surface area (Å²) in [6, 6.07) is 8.76. The zero-order chi connectivity index (χ0) is 15.8. The third-order valence-corrected chi connectivity index (χ3v) is 5.41. The molecular weight excluding hydrogens is 304 g/mol. The molecular formula is C18H20N4S. The second-order valence-electron chi connectivity index (χ2n) is 6.01. The van der Waals surface area contributed by atoms with Crippen LogP contribution in [-0.4, -0.2) is 36.1 Å². The lowest BCUT2D eigenvalue weighted by Crippen LogP contribution is -2.44.